The molecule has 1 aromatic heterocycles. The molecule has 0 spiro atoms. The van der Waals surface area contributed by atoms with Crippen LogP contribution in [0.1, 0.15) is 30.6 Å². The van der Waals surface area contributed by atoms with Crippen LogP contribution in [0.4, 0.5) is 0 Å². The van der Waals surface area contributed by atoms with Gasteiger partial charge in [0.25, 0.3) is 0 Å². The van der Waals surface area contributed by atoms with Crippen LogP contribution in [0.15, 0.2) is 16.3 Å². The molecule has 2 fully saturated rings. The minimum Gasteiger partial charge on any atom is -0.396 e. The Morgan fingerprint density at radius 3 is 3.00 bits per heavy atom. The monoisotopic (exact) mass is 330 g/mol. The molecule has 1 aromatic rings. The van der Waals surface area contributed by atoms with Crippen LogP contribution in [0.2, 0.25) is 0 Å². The summed E-state index contributed by atoms with van der Waals surface area (Å²) in [5, 5.41) is 8.92. The summed E-state index contributed by atoms with van der Waals surface area (Å²) in [5.74, 6) is 0. The smallest absolute Gasteiger partial charge is 0.250 e. The lowest BCUT2D eigenvalue weighted by atomic mass is 9.99. The maximum Gasteiger partial charge on any atom is 0.250 e. The number of sulfonamides is 1. The largest absolute Gasteiger partial charge is 0.396 e. The molecule has 118 valence electrons. The van der Waals surface area contributed by atoms with Crippen molar-refractivity contribution in [3.63, 3.8) is 0 Å². The first-order valence-electron chi connectivity index (χ1n) is 7.54. The van der Waals surface area contributed by atoms with Gasteiger partial charge in [0.05, 0.1) is 0 Å². The van der Waals surface area contributed by atoms with Crippen LogP contribution in [0.25, 0.3) is 0 Å². The molecule has 2 atom stereocenters. The van der Waals surface area contributed by atoms with Crippen LogP contribution in [0, 0.1) is 0 Å². The maximum atomic E-state index is 12.4. The minimum absolute atomic E-state index is 0.0492. The lowest BCUT2D eigenvalue weighted by Gasteiger charge is -2.34. The van der Waals surface area contributed by atoms with E-state index < -0.39 is 10.0 Å². The Hall–Kier alpha value is -0.470. The van der Waals surface area contributed by atoms with E-state index in [9.17, 15) is 8.42 Å². The second-order valence-corrected chi connectivity index (χ2v) is 8.98. The van der Waals surface area contributed by atoms with Gasteiger partial charge in [0.15, 0.2) is 0 Å². The van der Waals surface area contributed by atoms with Crippen molar-refractivity contribution >= 4 is 21.4 Å². The zero-order chi connectivity index (χ0) is 14.9. The molecule has 0 aliphatic carbocycles. The summed E-state index contributed by atoms with van der Waals surface area (Å²) in [5.41, 5.74) is 0. The SMILES string of the molecule is O=S(=O)(NC1CCN2CCCC2C1)c1ccc(CCO)s1. The molecular formula is C14H22N2O3S2. The predicted molar refractivity (Wildman–Crippen MR) is 83.0 cm³/mol. The van der Waals surface area contributed by atoms with E-state index in [0.717, 1.165) is 24.3 Å². The molecule has 0 amide bonds. The molecule has 3 rings (SSSR count). The summed E-state index contributed by atoms with van der Waals surface area (Å²) in [6, 6.07) is 4.04. The Morgan fingerprint density at radius 2 is 2.19 bits per heavy atom. The molecule has 0 radical (unpaired) electrons. The Morgan fingerprint density at radius 1 is 1.33 bits per heavy atom. The number of nitrogens with zero attached hydrogens (tertiary/aromatic N) is 1. The van der Waals surface area contributed by atoms with E-state index >= 15 is 0 Å². The third kappa shape index (κ3) is 3.48. The summed E-state index contributed by atoms with van der Waals surface area (Å²) in [7, 11) is -3.42. The number of aliphatic hydroxyl groups excluding tert-OH is 1. The van der Waals surface area contributed by atoms with Crippen molar-refractivity contribution in [3.8, 4) is 0 Å². The molecule has 2 aliphatic heterocycles. The number of thiophene rings is 1. The van der Waals surface area contributed by atoms with E-state index in [1.807, 2.05) is 0 Å². The van der Waals surface area contributed by atoms with E-state index in [2.05, 4.69) is 9.62 Å². The van der Waals surface area contributed by atoms with E-state index in [-0.39, 0.29) is 12.6 Å². The summed E-state index contributed by atoms with van der Waals surface area (Å²) in [6.07, 6.45) is 4.76. The van der Waals surface area contributed by atoms with Gasteiger partial charge < -0.3 is 10.0 Å². The highest BCUT2D eigenvalue weighted by Crippen LogP contribution is 2.28. The van der Waals surface area contributed by atoms with Gasteiger partial charge in [-0.25, -0.2) is 13.1 Å². The van der Waals surface area contributed by atoms with Gasteiger partial charge in [-0.1, -0.05) is 0 Å². The van der Waals surface area contributed by atoms with Crippen molar-refractivity contribution in [1.82, 2.24) is 9.62 Å². The summed E-state index contributed by atoms with van der Waals surface area (Å²) >= 11 is 1.25. The quantitative estimate of drug-likeness (QED) is 0.851. The van der Waals surface area contributed by atoms with Crippen LogP contribution >= 0.6 is 11.3 Å². The van der Waals surface area contributed by atoms with Crippen molar-refractivity contribution in [3.05, 3.63) is 17.0 Å². The first-order chi connectivity index (χ1) is 10.1. The van der Waals surface area contributed by atoms with Crippen molar-refractivity contribution in [2.75, 3.05) is 19.7 Å². The van der Waals surface area contributed by atoms with Crippen molar-refractivity contribution in [1.29, 1.82) is 0 Å². The molecule has 0 aromatic carbocycles. The van der Waals surface area contributed by atoms with E-state index in [1.54, 1.807) is 12.1 Å². The zero-order valence-corrected chi connectivity index (χ0v) is 13.6. The zero-order valence-electron chi connectivity index (χ0n) is 12.0. The summed E-state index contributed by atoms with van der Waals surface area (Å²) in [4.78, 5) is 3.39. The van der Waals surface area contributed by atoms with Gasteiger partial charge in [0.2, 0.25) is 10.0 Å². The molecule has 3 heterocycles. The van der Waals surface area contributed by atoms with Gasteiger partial charge in [0.1, 0.15) is 4.21 Å². The molecule has 7 heteroatoms. The standard InChI is InChI=1S/C14H22N2O3S2/c17-9-6-13-3-4-14(20-13)21(18,19)15-11-5-8-16-7-1-2-12(16)10-11/h3-4,11-12,15,17H,1-2,5-10H2. The number of hydrogen-bond donors (Lipinski definition) is 2. The van der Waals surface area contributed by atoms with Gasteiger partial charge in [-0.2, -0.15) is 0 Å². The lowest BCUT2D eigenvalue weighted by Crippen LogP contribution is -2.47. The summed E-state index contributed by atoms with van der Waals surface area (Å²) in [6.45, 7) is 2.21. The fraction of sp³-hybridized carbons (Fsp3) is 0.714. The third-order valence-corrected chi connectivity index (χ3v) is 7.56. The summed E-state index contributed by atoms with van der Waals surface area (Å²) < 4.78 is 28.1. The normalized spacial score (nSPS) is 26.9. The molecule has 5 nitrogen and oxygen atoms in total. The van der Waals surface area contributed by atoms with Crippen LogP contribution in [0.3, 0.4) is 0 Å². The first kappa shape index (κ1) is 15.4. The lowest BCUT2D eigenvalue weighted by molar-refractivity contribution is 0.176. The second-order valence-electron chi connectivity index (χ2n) is 5.87. The number of fused-ring (bicyclic) bond motifs is 1. The fourth-order valence-electron chi connectivity index (χ4n) is 3.36. The van der Waals surface area contributed by atoms with Gasteiger partial charge >= 0.3 is 0 Å². The Labute approximate surface area is 130 Å². The van der Waals surface area contributed by atoms with E-state index in [1.165, 1.54) is 30.7 Å². The van der Waals surface area contributed by atoms with Crippen LogP contribution in [0.5, 0.6) is 0 Å². The van der Waals surface area contributed by atoms with Crippen molar-refractivity contribution in [2.45, 2.75) is 48.4 Å². The first-order valence-corrected chi connectivity index (χ1v) is 9.84. The number of hydrogen-bond acceptors (Lipinski definition) is 5. The molecule has 0 saturated carbocycles. The number of rotatable bonds is 5. The second kappa shape index (κ2) is 6.34. The Kier molecular flexibility index (Phi) is 4.66. The maximum absolute atomic E-state index is 12.4. The highest BCUT2D eigenvalue weighted by atomic mass is 32.2. The molecule has 2 aliphatic rings. The Bertz CT molecular complexity index is 585. The predicted octanol–water partition coefficient (Wildman–Crippen LogP) is 1.19. The highest BCUT2D eigenvalue weighted by Gasteiger charge is 2.33. The van der Waals surface area contributed by atoms with Crippen LogP contribution < -0.4 is 4.72 Å². The molecule has 0 bridgehead atoms. The molecule has 2 N–H and O–H groups in total. The van der Waals surface area contributed by atoms with Crippen LogP contribution in [-0.4, -0.2) is 50.2 Å². The highest BCUT2D eigenvalue weighted by molar-refractivity contribution is 7.91. The van der Waals surface area contributed by atoms with Gasteiger partial charge in [-0.05, 0) is 50.9 Å². The van der Waals surface area contributed by atoms with Crippen LogP contribution in [-0.2, 0) is 16.4 Å². The van der Waals surface area contributed by atoms with Crippen molar-refractivity contribution in [2.24, 2.45) is 0 Å². The minimum atomic E-state index is -3.42. The number of piperidine rings is 1. The number of aliphatic hydroxyl groups is 1. The average molecular weight is 330 g/mol. The molecular weight excluding hydrogens is 308 g/mol. The topological polar surface area (TPSA) is 69.6 Å². The molecule has 2 saturated heterocycles. The van der Waals surface area contributed by atoms with Gasteiger partial charge in [-0.3, -0.25) is 0 Å². The van der Waals surface area contributed by atoms with Gasteiger partial charge in [0, 0.05) is 30.0 Å². The fourth-order valence-corrected chi connectivity index (χ4v) is 6.00. The molecule has 21 heavy (non-hydrogen) atoms. The molecule has 2 unspecified atom stereocenters. The average Bonchev–Trinajstić information content (AvgIpc) is 3.07. The van der Waals surface area contributed by atoms with E-state index in [0.29, 0.717) is 16.7 Å². The van der Waals surface area contributed by atoms with E-state index in [4.69, 9.17) is 5.11 Å². The number of nitrogens with one attached hydrogen (secondary N) is 1. The van der Waals surface area contributed by atoms with Crippen molar-refractivity contribution < 1.29 is 13.5 Å². The van der Waals surface area contributed by atoms with Gasteiger partial charge in [-0.15, -0.1) is 11.3 Å². The Balaban J connectivity index is 1.65. The third-order valence-electron chi connectivity index (χ3n) is 4.40.